The second-order valence-electron chi connectivity index (χ2n) is 1.46. The van der Waals surface area contributed by atoms with E-state index in [1.807, 2.05) is 6.92 Å². The molecule has 5 nitrogen and oxygen atoms in total. The van der Waals surface area contributed by atoms with Crippen molar-refractivity contribution in [3.63, 3.8) is 0 Å². The summed E-state index contributed by atoms with van der Waals surface area (Å²) >= 11 is 0. The summed E-state index contributed by atoms with van der Waals surface area (Å²) < 4.78 is 0. The molecule has 1 aromatic heterocycles. The smallest absolute Gasteiger partial charge is 1.00 e. The van der Waals surface area contributed by atoms with Gasteiger partial charge in [-0.1, -0.05) is 0 Å². The SMILES string of the molecule is Cc1ncc[nH]1.O=C(O)O.[Cs+].[H-]. The van der Waals surface area contributed by atoms with Crippen LogP contribution in [0.5, 0.6) is 0 Å². The van der Waals surface area contributed by atoms with Crippen LogP contribution in [0.1, 0.15) is 7.25 Å². The number of nitrogens with one attached hydrogen (secondary N) is 1. The Labute approximate surface area is 124 Å². The minimum Gasteiger partial charge on any atom is -1.00 e. The summed E-state index contributed by atoms with van der Waals surface area (Å²) in [6, 6.07) is 0. The largest absolute Gasteiger partial charge is 1.00 e. The molecule has 0 aromatic carbocycles. The van der Waals surface area contributed by atoms with Gasteiger partial charge in [-0.25, -0.2) is 9.78 Å². The van der Waals surface area contributed by atoms with E-state index in [0.29, 0.717) is 0 Å². The molecule has 0 aliphatic heterocycles. The van der Waals surface area contributed by atoms with Crippen LogP contribution in [0, 0.1) is 6.92 Å². The summed E-state index contributed by atoms with van der Waals surface area (Å²) in [5.74, 6) is 0.968. The quantitative estimate of drug-likeness (QED) is 0.515. The molecule has 0 aliphatic carbocycles. The van der Waals surface area contributed by atoms with Gasteiger partial charge >= 0.3 is 75.0 Å². The number of carbonyl (C=O) groups is 1. The van der Waals surface area contributed by atoms with E-state index in [9.17, 15) is 0 Å². The molecule has 6 heteroatoms. The fraction of sp³-hybridized carbons (Fsp3) is 0.200. The van der Waals surface area contributed by atoms with Crippen molar-refractivity contribution in [2.24, 2.45) is 0 Å². The molecule has 0 radical (unpaired) electrons. The first kappa shape index (κ1) is 14.1. The number of carboxylic acid groups (broad SMARTS) is 2. The third-order valence-electron chi connectivity index (χ3n) is 0.635. The Hall–Kier alpha value is 0.532. The molecule has 58 valence electrons. The Morgan fingerprint density at radius 1 is 1.73 bits per heavy atom. The molecule has 0 fully saturated rings. The van der Waals surface area contributed by atoms with Crippen LogP contribution in [-0.4, -0.2) is 26.3 Å². The number of H-pyrrole nitrogens is 1. The van der Waals surface area contributed by atoms with Crippen LogP contribution in [0.4, 0.5) is 4.79 Å². The van der Waals surface area contributed by atoms with Crippen molar-refractivity contribution >= 4 is 6.16 Å². The molecule has 0 atom stereocenters. The van der Waals surface area contributed by atoms with Gasteiger partial charge in [0.05, 0.1) is 0 Å². The van der Waals surface area contributed by atoms with Crippen molar-refractivity contribution in [2.45, 2.75) is 6.92 Å². The molecule has 0 aliphatic rings. The minimum absolute atomic E-state index is 0. The van der Waals surface area contributed by atoms with E-state index in [1.165, 1.54) is 0 Å². The Morgan fingerprint density at radius 3 is 2.27 bits per heavy atom. The standard InChI is InChI=1S/C4H6N2.CH2O3.Cs.H/c1-4-5-2-3-6-4;2-1(3)4;;/h2-3H,1H3,(H,5,6);(H2,2,3,4);;/q;;+1;-1. The summed E-state index contributed by atoms with van der Waals surface area (Å²) in [6.45, 7) is 1.92. The third-order valence-corrected chi connectivity index (χ3v) is 0.635. The number of aryl methyl sites for hydroxylation is 1. The predicted molar refractivity (Wildman–Crippen MR) is 35.1 cm³/mol. The first-order valence-corrected chi connectivity index (χ1v) is 2.51. The van der Waals surface area contributed by atoms with Gasteiger partial charge in [-0.15, -0.1) is 0 Å². The molecule has 1 heterocycles. The molecule has 0 saturated carbocycles. The average Bonchev–Trinajstić information content (AvgIpc) is 2.15. The van der Waals surface area contributed by atoms with Gasteiger partial charge in [0.1, 0.15) is 5.82 Å². The Bertz CT molecular complexity index is 189. The van der Waals surface area contributed by atoms with Crippen molar-refractivity contribution in [1.82, 2.24) is 9.97 Å². The maximum Gasteiger partial charge on any atom is 1.00 e. The Morgan fingerprint density at radius 2 is 2.18 bits per heavy atom. The maximum atomic E-state index is 8.56. The van der Waals surface area contributed by atoms with Gasteiger partial charge in [-0.05, 0) is 6.92 Å². The fourth-order valence-electron chi connectivity index (χ4n) is 0.344. The monoisotopic (exact) mass is 278 g/mol. The van der Waals surface area contributed by atoms with Crippen molar-refractivity contribution in [1.29, 1.82) is 0 Å². The van der Waals surface area contributed by atoms with E-state index in [2.05, 4.69) is 9.97 Å². The van der Waals surface area contributed by atoms with Gasteiger partial charge in [-0.3, -0.25) is 0 Å². The van der Waals surface area contributed by atoms with E-state index < -0.39 is 6.16 Å². The van der Waals surface area contributed by atoms with Crippen molar-refractivity contribution in [2.75, 3.05) is 0 Å². The fourth-order valence-corrected chi connectivity index (χ4v) is 0.344. The van der Waals surface area contributed by atoms with Gasteiger partial charge in [-0.2, -0.15) is 0 Å². The average molecular weight is 278 g/mol. The summed E-state index contributed by atoms with van der Waals surface area (Å²) in [5.41, 5.74) is 0. The number of hydrogen-bond donors (Lipinski definition) is 3. The van der Waals surface area contributed by atoms with Crippen LogP contribution in [-0.2, 0) is 0 Å². The van der Waals surface area contributed by atoms with Gasteiger partial charge in [0.2, 0.25) is 0 Å². The van der Waals surface area contributed by atoms with E-state index in [-0.39, 0.29) is 70.3 Å². The molecule has 0 spiro atoms. The van der Waals surface area contributed by atoms with Crippen LogP contribution in [0.3, 0.4) is 0 Å². The van der Waals surface area contributed by atoms with Gasteiger partial charge in [0.25, 0.3) is 0 Å². The minimum atomic E-state index is -1.83. The van der Waals surface area contributed by atoms with Crippen LogP contribution < -0.4 is 68.9 Å². The molecular formula is C5H9CsN2O3. The summed E-state index contributed by atoms with van der Waals surface area (Å²) in [4.78, 5) is 15.3. The van der Waals surface area contributed by atoms with Crippen molar-refractivity contribution in [3.05, 3.63) is 18.2 Å². The molecule has 1 rings (SSSR count). The Kier molecular flexibility index (Phi) is 11.0. The third kappa shape index (κ3) is 13.5. The first-order valence-electron chi connectivity index (χ1n) is 2.51. The van der Waals surface area contributed by atoms with Crippen LogP contribution >= 0.6 is 0 Å². The molecule has 0 unspecified atom stereocenters. The van der Waals surface area contributed by atoms with E-state index in [1.54, 1.807) is 12.4 Å². The van der Waals surface area contributed by atoms with Gasteiger partial charge in [0, 0.05) is 12.4 Å². The van der Waals surface area contributed by atoms with Crippen molar-refractivity contribution < 1.29 is 85.3 Å². The molecule has 0 amide bonds. The molecule has 1 aromatic rings. The topological polar surface area (TPSA) is 86.2 Å². The zero-order valence-corrected chi connectivity index (χ0v) is 12.7. The molecule has 0 bridgehead atoms. The number of nitrogens with zero attached hydrogens (tertiary/aromatic N) is 1. The predicted octanol–water partition coefficient (Wildman–Crippen LogP) is -1.94. The molecule has 11 heavy (non-hydrogen) atoms. The first-order chi connectivity index (χ1) is 4.63. The summed E-state index contributed by atoms with van der Waals surface area (Å²) in [6.07, 6.45) is 1.70. The van der Waals surface area contributed by atoms with Gasteiger partial charge < -0.3 is 16.6 Å². The van der Waals surface area contributed by atoms with Crippen LogP contribution in [0.25, 0.3) is 0 Å². The number of hydrogen-bond acceptors (Lipinski definition) is 2. The normalized spacial score (nSPS) is 7.00. The van der Waals surface area contributed by atoms with Crippen molar-refractivity contribution in [3.8, 4) is 0 Å². The van der Waals surface area contributed by atoms with Crippen LogP contribution in [0.15, 0.2) is 12.4 Å². The van der Waals surface area contributed by atoms with E-state index in [0.717, 1.165) is 5.82 Å². The summed E-state index contributed by atoms with van der Waals surface area (Å²) in [7, 11) is 0. The second kappa shape index (κ2) is 8.63. The Balaban J connectivity index is -0.000000124. The molecule has 0 saturated heterocycles. The summed E-state index contributed by atoms with van der Waals surface area (Å²) in [5, 5.41) is 13.9. The number of rotatable bonds is 0. The second-order valence-corrected chi connectivity index (χ2v) is 1.46. The zero-order valence-electron chi connectivity index (χ0n) is 7.40. The van der Waals surface area contributed by atoms with Gasteiger partial charge in [0.15, 0.2) is 0 Å². The zero-order chi connectivity index (χ0) is 7.98. The molecular weight excluding hydrogens is 269 g/mol. The number of imidazole rings is 1. The molecule has 3 N–H and O–H groups in total. The maximum absolute atomic E-state index is 8.56. The van der Waals surface area contributed by atoms with E-state index in [4.69, 9.17) is 15.0 Å². The van der Waals surface area contributed by atoms with Crippen LogP contribution in [0.2, 0.25) is 0 Å². The number of aromatic nitrogens is 2. The van der Waals surface area contributed by atoms with E-state index >= 15 is 0 Å². The number of aromatic amines is 1.